The molecule has 2 rings (SSSR count). The minimum Gasteiger partial charge on any atom is -0.479 e. The lowest BCUT2D eigenvalue weighted by Crippen LogP contribution is -2.51. The molecule has 0 bridgehead atoms. The van der Waals surface area contributed by atoms with Gasteiger partial charge in [0.25, 0.3) is 0 Å². The monoisotopic (exact) mass is 458 g/mol. The second kappa shape index (κ2) is 11.3. The SMILES string of the molecule is CN(CCC(N)CC(=O)N[C@@H]1C=C[C@@H](n2ccc(N)nc2=O)O[C@H]1C(=O)O)C(=N)N.Cl. The molecular weight excluding hydrogens is 432 g/mol. The van der Waals surface area contributed by atoms with Gasteiger partial charge in [-0.05, 0) is 18.6 Å². The maximum atomic E-state index is 12.3. The summed E-state index contributed by atoms with van der Waals surface area (Å²) in [5, 5.41) is 19.4. The molecule has 2 heterocycles. The third-order valence-corrected chi connectivity index (χ3v) is 4.49. The van der Waals surface area contributed by atoms with Gasteiger partial charge in [-0.3, -0.25) is 14.8 Å². The Labute approximate surface area is 184 Å². The fourth-order valence-electron chi connectivity index (χ4n) is 2.77. The van der Waals surface area contributed by atoms with Gasteiger partial charge in [0.2, 0.25) is 5.91 Å². The van der Waals surface area contributed by atoms with Crippen LogP contribution in [0.25, 0.3) is 0 Å². The largest absolute Gasteiger partial charge is 0.479 e. The van der Waals surface area contributed by atoms with Crippen LogP contribution in [0.3, 0.4) is 0 Å². The molecular formula is C17H27ClN8O5. The number of aromatic nitrogens is 2. The number of amides is 1. The Morgan fingerprint density at radius 2 is 2.13 bits per heavy atom. The molecule has 1 aliphatic rings. The summed E-state index contributed by atoms with van der Waals surface area (Å²) in [6.45, 7) is 0.403. The quantitative estimate of drug-likeness (QED) is 0.146. The van der Waals surface area contributed by atoms with Crippen molar-refractivity contribution in [2.75, 3.05) is 19.3 Å². The predicted molar refractivity (Wildman–Crippen MR) is 115 cm³/mol. The number of nitrogens with two attached hydrogens (primary N) is 3. The smallest absolute Gasteiger partial charge is 0.351 e. The number of carboxylic acid groups (broad SMARTS) is 1. The van der Waals surface area contributed by atoms with Gasteiger partial charge in [0.1, 0.15) is 5.82 Å². The van der Waals surface area contributed by atoms with Crippen LogP contribution in [-0.2, 0) is 14.3 Å². The molecule has 1 amide bonds. The summed E-state index contributed by atoms with van der Waals surface area (Å²) in [7, 11) is 1.63. The zero-order valence-corrected chi connectivity index (χ0v) is 17.6. The number of nitrogen functional groups attached to an aromatic ring is 1. The molecule has 1 aliphatic heterocycles. The van der Waals surface area contributed by atoms with Gasteiger partial charge in [-0.25, -0.2) is 9.59 Å². The Balaban J connectivity index is 0.00000480. The molecule has 0 saturated heterocycles. The number of hydrogen-bond acceptors (Lipinski definition) is 8. The van der Waals surface area contributed by atoms with Gasteiger partial charge in [-0.15, -0.1) is 12.4 Å². The molecule has 172 valence electrons. The Kier molecular flexibility index (Phi) is 9.42. The van der Waals surface area contributed by atoms with Crippen molar-refractivity contribution in [3.63, 3.8) is 0 Å². The Bertz CT molecular complexity index is 892. The third kappa shape index (κ3) is 7.24. The number of nitrogens with zero attached hydrogens (tertiary/aromatic N) is 3. The van der Waals surface area contributed by atoms with Crippen molar-refractivity contribution in [1.82, 2.24) is 19.8 Å². The Morgan fingerprint density at radius 3 is 2.71 bits per heavy atom. The minimum atomic E-state index is -1.42. The second-order valence-electron chi connectivity index (χ2n) is 6.87. The van der Waals surface area contributed by atoms with Crippen molar-refractivity contribution >= 4 is 36.1 Å². The van der Waals surface area contributed by atoms with E-state index in [-0.39, 0.29) is 30.6 Å². The van der Waals surface area contributed by atoms with Gasteiger partial charge in [0.15, 0.2) is 18.3 Å². The van der Waals surface area contributed by atoms with Crippen molar-refractivity contribution < 1.29 is 19.4 Å². The average molecular weight is 459 g/mol. The minimum absolute atomic E-state index is 0. The van der Waals surface area contributed by atoms with E-state index in [4.69, 9.17) is 27.3 Å². The zero-order valence-electron chi connectivity index (χ0n) is 16.8. The van der Waals surface area contributed by atoms with Crippen LogP contribution in [-0.4, -0.2) is 69.2 Å². The van der Waals surface area contributed by atoms with Crippen LogP contribution in [0.1, 0.15) is 19.1 Å². The number of aliphatic carboxylic acids is 1. The maximum absolute atomic E-state index is 12.3. The number of rotatable bonds is 8. The molecule has 0 radical (unpaired) electrons. The lowest BCUT2D eigenvalue weighted by Gasteiger charge is -2.31. The first-order valence-electron chi connectivity index (χ1n) is 9.10. The van der Waals surface area contributed by atoms with E-state index in [1.165, 1.54) is 29.3 Å². The van der Waals surface area contributed by atoms with Gasteiger partial charge >= 0.3 is 11.7 Å². The molecule has 13 nitrogen and oxygen atoms in total. The molecule has 1 aromatic rings. The van der Waals surface area contributed by atoms with Crippen molar-refractivity contribution in [1.29, 1.82) is 5.41 Å². The van der Waals surface area contributed by atoms with Crippen LogP contribution < -0.4 is 28.2 Å². The highest BCUT2D eigenvalue weighted by Crippen LogP contribution is 2.20. The van der Waals surface area contributed by atoms with Gasteiger partial charge in [0, 0.05) is 32.3 Å². The first kappa shape index (κ1) is 25.9. The molecule has 0 aromatic carbocycles. The van der Waals surface area contributed by atoms with E-state index >= 15 is 0 Å². The number of hydrogen-bond donors (Lipinski definition) is 6. The van der Waals surface area contributed by atoms with E-state index < -0.39 is 42.0 Å². The number of carbonyl (C=O) groups excluding carboxylic acids is 1. The van der Waals surface area contributed by atoms with Crippen molar-refractivity contribution in [2.24, 2.45) is 11.5 Å². The topological polar surface area (TPSA) is 216 Å². The summed E-state index contributed by atoms with van der Waals surface area (Å²) in [6, 6.07) is -0.0702. The Morgan fingerprint density at radius 1 is 1.45 bits per heavy atom. The van der Waals surface area contributed by atoms with E-state index in [2.05, 4.69) is 10.3 Å². The highest BCUT2D eigenvalue weighted by molar-refractivity contribution is 5.85. The van der Waals surface area contributed by atoms with E-state index in [0.29, 0.717) is 13.0 Å². The summed E-state index contributed by atoms with van der Waals surface area (Å²) in [6.07, 6.45) is 2.17. The van der Waals surface area contributed by atoms with E-state index in [1.54, 1.807) is 7.05 Å². The molecule has 0 spiro atoms. The fourth-order valence-corrected chi connectivity index (χ4v) is 2.77. The van der Waals surface area contributed by atoms with Crippen LogP contribution >= 0.6 is 12.4 Å². The van der Waals surface area contributed by atoms with Crippen molar-refractivity contribution in [3.8, 4) is 0 Å². The summed E-state index contributed by atoms with van der Waals surface area (Å²) in [5.41, 5.74) is 16.0. The number of nitrogens with one attached hydrogen (secondary N) is 2. The number of halogens is 1. The molecule has 31 heavy (non-hydrogen) atoms. The van der Waals surface area contributed by atoms with Crippen molar-refractivity contribution in [2.45, 2.75) is 37.3 Å². The van der Waals surface area contributed by atoms with Gasteiger partial charge in [0.05, 0.1) is 6.04 Å². The third-order valence-electron chi connectivity index (χ3n) is 4.49. The van der Waals surface area contributed by atoms with Gasteiger partial charge in [-0.2, -0.15) is 4.98 Å². The predicted octanol–water partition coefficient (Wildman–Crippen LogP) is -1.80. The Hall–Kier alpha value is -3.16. The van der Waals surface area contributed by atoms with Crippen LogP contribution in [0.15, 0.2) is 29.2 Å². The molecule has 4 atom stereocenters. The van der Waals surface area contributed by atoms with Crippen LogP contribution in [0, 0.1) is 5.41 Å². The lowest BCUT2D eigenvalue weighted by atomic mass is 10.1. The standard InChI is InChI=1S/C17H26N8O5.ClH/c1-24(16(20)21)6-4-9(18)8-12(26)22-10-2-3-13(30-14(10)15(27)28)25-7-5-11(19)23-17(25)29;/h2-3,5,7,9-10,13-14H,4,6,8,18H2,1H3,(H3,20,21)(H,22,26)(H,27,28)(H2,19,23,29);1H/t9?,10-,13+,14-;/m1./s1. The maximum Gasteiger partial charge on any atom is 0.351 e. The normalized spacial score (nSPS) is 20.9. The van der Waals surface area contributed by atoms with E-state index in [1.807, 2.05) is 0 Å². The summed E-state index contributed by atoms with van der Waals surface area (Å²) >= 11 is 0. The van der Waals surface area contributed by atoms with Gasteiger partial charge < -0.3 is 37.3 Å². The molecule has 9 N–H and O–H groups in total. The summed E-state index contributed by atoms with van der Waals surface area (Å²) < 4.78 is 6.57. The highest BCUT2D eigenvalue weighted by atomic mass is 35.5. The number of ether oxygens (including phenoxy) is 1. The van der Waals surface area contributed by atoms with Crippen LogP contribution in [0.4, 0.5) is 5.82 Å². The molecule has 0 fully saturated rings. The summed E-state index contributed by atoms with van der Waals surface area (Å²) in [4.78, 5) is 40.9. The van der Waals surface area contributed by atoms with E-state index in [0.717, 1.165) is 4.57 Å². The molecule has 14 heteroatoms. The highest BCUT2D eigenvalue weighted by Gasteiger charge is 2.35. The molecule has 1 aromatic heterocycles. The molecule has 1 unspecified atom stereocenters. The number of carboxylic acids is 1. The van der Waals surface area contributed by atoms with Gasteiger partial charge in [-0.1, -0.05) is 6.08 Å². The van der Waals surface area contributed by atoms with Crippen LogP contribution in [0.2, 0.25) is 0 Å². The number of guanidine groups is 1. The first-order chi connectivity index (χ1) is 14.1. The lowest BCUT2D eigenvalue weighted by molar-refractivity contribution is -0.159. The first-order valence-corrected chi connectivity index (χ1v) is 9.10. The molecule has 0 aliphatic carbocycles. The molecule has 0 saturated carbocycles. The van der Waals surface area contributed by atoms with E-state index in [9.17, 15) is 19.5 Å². The second-order valence-corrected chi connectivity index (χ2v) is 6.87. The summed E-state index contributed by atoms with van der Waals surface area (Å²) in [5.74, 6) is -1.84. The average Bonchev–Trinajstić information content (AvgIpc) is 2.66. The zero-order chi connectivity index (χ0) is 22.4. The van der Waals surface area contributed by atoms with Crippen LogP contribution in [0.5, 0.6) is 0 Å². The number of anilines is 1. The van der Waals surface area contributed by atoms with Crippen molar-refractivity contribution in [3.05, 3.63) is 34.9 Å². The fraction of sp³-hybridized carbons (Fsp3) is 0.471. The number of carbonyl (C=O) groups is 2.